The predicted octanol–water partition coefficient (Wildman–Crippen LogP) is 3.38. The maximum Gasteiger partial charge on any atom is 0.224 e. The predicted molar refractivity (Wildman–Crippen MR) is 80.5 cm³/mol. The van der Waals surface area contributed by atoms with Crippen LogP contribution in [-0.2, 0) is 7.05 Å². The van der Waals surface area contributed by atoms with Gasteiger partial charge in [0.05, 0.1) is 5.39 Å². The quantitative estimate of drug-likeness (QED) is 0.734. The zero-order valence-electron chi connectivity index (χ0n) is 11.5. The summed E-state index contributed by atoms with van der Waals surface area (Å²) in [5, 5.41) is 8.81. The Bertz CT molecular complexity index is 773. The number of halogens is 1. The first-order valence-electron chi connectivity index (χ1n) is 6.23. The zero-order chi connectivity index (χ0) is 14.3. The molecule has 0 aliphatic carbocycles. The maximum absolute atomic E-state index is 5.82. The van der Waals surface area contributed by atoms with Crippen molar-refractivity contribution in [3.63, 3.8) is 0 Å². The van der Waals surface area contributed by atoms with Crippen LogP contribution in [0.3, 0.4) is 0 Å². The van der Waals surface area contributed by atoms with Crippen molar-refractivity contribution in [2.45, 2.75) is 13.8 Å². The molecule has 5 nitrogen and oxygen atoms in total. The van der Waals surface area contributed by atoms with E-state index in [-0.39, 0.29) is 5.28 Å². The van der Waals surface area contributed by atoms with Gasteiger partial charge in [-0.1, -0.05) is 6.07 Å². The van der Waals surface area contributed by atoms with Crippen LogP contribution in [0.4, 0.5) is 11.5 Å². The molecule has 0 spiro atoms. The van der Waals surface area contributed by atoms with Gasteiger partial charge in [0.15, 0.2) is 11.5 Å². The minimum Gasteiger partial charge on any atom is -0.338 e. The molecule has 0 amide bonds. The third-order valence-corrected chi connectivity index (χ3v) is 3.22. The van der Waals surface area contributed by atoms with Gasteiger partial charge in [-0.05, 0) is 48.7 Å². The average molecular weight is 288 g/mol. The lowest BCUT2D eigenvalue weighted by molar-refractivity contribution is 0.789. The van der Waals surface area contributed by atoms with Crippen LogP contribution >= 0.6 is 11.6 Å². The second kappa shape index (κ2) is 4.76. The number of fused-ring (bicyclic) bond motifs is 1. The third kappa shape index (κ3) is 2.32. The molecule has 3 aromatic rings. The summed E-state index contributed by atoms with van der Waals surface area (Å²) in [6.07, 6.45) is 1.68. The molecule has 1 N–H and O–H groups in total. The van der Waals surface area contributed by atoms with Crippen molar-refractivity contribution < 1.29 is 0 Å². The van der Waals surface area contributed by atoms with Crippen molar-refractivity contribution in [3.8, 4) is 0 Å². The SMILES string of the molecule is Cc1cc(C)cc(Nc2nn(C)c3nc(Cl)ncc23)c1. The van der Waals surface area contributed by atoms with E-state index >= 15 is 0 Å². The van der Waals surface area contributed by atoms with E-state index in [1.54, 1.807) is 10.9 Å². The number of benzene rings is 1. The van der Waals surface area contributed by atoms with Crippen LogP contribution in [0, 0.1) is 13.8 Å². The number of rotatable bonds is 2. The van der Waals surface area contributed by atoms with E-state index in [1.807, 2.05) is 7.05 Å². The van der Waals surface area contributed by atoms with Crippen LogP contribution in [0.25, 0.3) is 11.0 Å². The molecule has 2 aromatic heterocycles. The molecule has 0 atom stereocenters. The molecule has 0 aliphatic heterocycles. The molecular formula is C14H14ClN5. The summed E-state index contributed by atoms with van der Waals surface area (Å²) in [4.78, 5) is 8.21. The molecule has 0 unspecified atom stereocenters. The van der Waals surface area contributed by atoms with Crippen molar-refractivity contribution in [1.82, 2.24) is 19.7 Å². The highest BCUT2D eigenvalue weighted by Gasteiger charge is 2.11. The van der Waals surface area contributed by atoms with Crippen molar-refractivity contribution in [2.75, 3.05) is 5.32 Å². The van der Waals surface area contributed by atoms with Crippen LogP contribution in [0.5, 0.6) is 0 Å². The highest BCUT2D eigenvalue weighted by Crippen LogP contribution is 2.25. The monoisotopic (exact) mass is 287 g/mol. The standard InChI is InChI=1S/C14H14ClN5/c1-8-4-9(2)6-10(5-8)17-12-11-7-16-14(15)18-13(11)20(3)19-12/h4-7H,1-3H3,(H,17,19). The first-order chi connectivity index (χ1) is 9.52. The summed E-state index contributed by atoms with van der Waals surface area (Å²) in [5.74, 6) is 0.726. The van der Waals surface area contributed by atoms with Gasteiger partial charge in [-0.3, -0.25) is 0 Å². The minimum atomic E-state index is 0.221. The van der Waals surface area contributed by atoms with Gasteiger partial charge in [0.25, 0.3) is 0 Å². The topological polar surface area (TPSA) is 55.6 Å². The number of anilines is 2. The Morgan fingerprint density at radius 2 is 1.85 bits per heavy atom. The Kier molecular flexibility index (Phi) is 3.06. The van der Waals surface area contributed by atoms with Gasteiger partial charge >= 0.3 is 0 Å². The van der Waals surface area contributed by atoms with Gasteiger partial charge in [0, 0.05) is 18.9 Å². The fraction of sp³-hybridized carbons (Fsp3) is 0.214. The largest absolute Gasteiger partial charge is 0.338 e. The lowest BCUT2D eigenvalue weighted by atomic mass is 10.1. The minimum absolute atomic E-state index is 0.221. The van der Waals surface area contributed by atoms with Gasteiger partial charge < -0.3 is 5.32 Å². The molecular weight excluding hydrogens is 274 g/mol. The van der Waals surface area contributed by atoms with Gasteiger partial charge in [0.2, 0.25) is 5.28 Å². The molecule has 0 fully saturated rings. The van der Waals surface area contributed by atoms with E-state index in [9.17, 15) is 0 Å². The molecule has 1 aromatic carbocycles. The summed E-state index contributed by atoms with van der Waals surface area (Å²) < 4.78 is 1.69. The molecule has 3 rings (SSSR count). The molecule has 0 saturated carbocycles. The molecule has 6 heteroatoms. The molecule has 20 heavy (non-hydrogen) atoms. The van der Waals surface area contributed by atoms with Crippen LogP contribution in [0.2, 0.25) is 5.28 Å². The van der Waals surface area contributed by atoms with Gasteiger partial charge in [0.1, 0.15) is 0 Å². The smallest absolute Gasteiger partial charge is 0.224 e. The second-order valence-corrected chi connectivity index (χ2v) is 5.19. The maximum atomic E-state index is 5.82. The normalized spacial score (nSPS) is 11.0. The number of hydrogen-bond acceptors (Lipinski definition) is 4. The Labute approximate surface area is 121 Å². The van der Waals surface area contributed by atoms with E-state index in [4.69, 9.17) is 11.6 Å². The van der Waals surface area contributed by atoms with Gasteiger partial charge in [-0.25, -0.2) is 9.67 Å². The number of aryl methyl sites for hydroxylation is 3. The summed E-state index contributed by atoms with van der Waals surface area (Å²) in [6.45, 7) is 4.13. The fourth-order valence-corrected chi connectivity index (χ4v) is 2.42. The zero-order valence-corrected chi connectivity index (χ0v) is 12.2. The van der Waals surface area contributed by atoms with Crippen molar-refractivity contribution in [1.29, 1.82) is 0 Å². The van der Waals surface area contributed by atoms with Crippen LogP contribution in [0.1, 0.15) is 11.1 Å². The molecule has 102 valence electrons. The van der Waals surface area contributed by atoms with Crippen LogP contribution in [0.15, 0.2) is 24.4 Å². The molecule has 0 radical (unpaired) electrons. The third-order valence-electron chi connectivity index (χ3n) is 3.04. The summed E-state index contributed by atoms with van der Waals surface area (Å²) in [5.41, 5.74) is 4.10. The molecule has 0 saturated heterocycles. The average Bonchev–Trinajstić information content (AvgIpc) is 2.64. The number of nitrogens with one attached hydrogen (secondary N) is 1. The fourth-order valence-electron chi connectivity index (χ4n) is 2.29. The Balaban J connectivity index is 2.06. The first-order valence-corrected chi connectivity index (χ1v) is 6.61. The number of aromatic nitrogens is 4. The molecule has 0 aliphatic rings. The lowest BCUT2D eigenvalue weighted by Crippen LogP contribution is -1.95. The number of hydrogen-bond donors (Lipinski definition) is 1. The lowest BCUT2D eigenvalue weighted by Gasteiger charge is -2.06. The Hall–Kier alpha value is -2.14. The molecule has 2 heterocycles. The van der Waals surface area contributed by atoms with E-state index in [0.717, 1.165) is 16.9 Å². The Morgan fingerprint density at radius 1 is 1.15 bits per heavy atom. The molecule has 0 bridgehead atoms. The van der Waals surface area contributed by atoms with Crippen LogP contribution in [-0.4, -0.2) is 19.7 Å². The first kappa shape index (κ1) is 12.9. The number of nitrogens with zero attached hydrogens (tertiary/aromatic N) is 4. The van der Waals surface area contributed by atoms with Crippen molar-refractivity contribution in [2.24, 2.45) is 7.05 Å². The second-order valence-electron chi connectivity index (χ2n) is 4.85. The summed E-state index contributed by atoms with van der Waals surface area (Å²) in [6, 6.07) is 6.28. The summed E-state index contributed by atoms with van der Waals surface area (Å²) >= 11 is 5.82. The van der Waals surface area contributed by atoms with Crippen molar-refractivity contribution >= 4 is 34.1 Å². The van der Waals surface area contributed by atoms with Crippen molar-refractivity contribution in [3.05, 3.63) is 40.8 Å². The summed E-state index contributed by atoms with van der Waals surface area (Å²) in [7, 11) is 1.83. The highest BCUT2D eigenvalue weighted by atomic mass is 35.5. The van der Waals surface area contributed by atoms with Crippen LogP contribution < -0.4 is 5.32 Å². The van der Waals surface area contributed by atoms with E-state index in [2.05, 4.69) is 52.4 Å². The van der Waals surface area contributed by atoms with E-state index in [0.29, 0.717) is 5.65 Å². The van der Waals surface area contributed by atoms with Gasteiger partial charge in [-0.15, -0.1) is 0 Å². The van der Waals surface area contributed by atoms with E-state index < -0.39 is 0 Å². The van der Waals surface area contributed by atoms with Gasteiger partial charge in [-0.2, -0.15) is 10.1 Å². The Morgan fingerprint density at radius 3 is 2.55 bits per heavy atom. The highest BCUT2D eigenvalue weighted by molar-refractivity contribution is 6.28. The van der Waals surface area contributed by atoms with E-state index in [1.165, 1.54) is 11.1 Å².